The normalized spacial score (nSPS) is 12.8. The lowest BCUT2D eigenvalue weighted by Crippen LogP contribution is -2.48. The topological polar surface area (TPSA) is 154 Å². The number of rotatable bonds is 9. The molecule has 3 rings (SSSR count). The number of ether oxygens (including phenoxy) is 1. The molecule has 32 heavy (non-hydrogen) atoms. The summed E-state index contributed by atoms with van der Waals surface area (Å²) >= 11 is 0. The van der Waals surface area contributed by atoms with E-state index >= 15 is 0 Å². The molecule has 0 bridgehead atoms. The molecule has 0 saturated carbocycles. The first-order valence-electron chi connectivity index (χ1n) is 9.89. The average molecular weight is 441 g/mol. The summed E-state index contributed by atoms with van der Waals surface area (Å²) in [7, 11) is 0. The molecule has 10 nitrogen and oxygen atoms in total. The Morgan fingerprint density at radius 3 is 2.00 bits per heavy atom. The molecule has 2 aromatic rings. The van der Waals surface area contributed by atoms with Crippen LogP contribution >= 0.6 is 0 Å². The van der Waals surface area contributed by atoms with Crippen molar-refractivity contribution in [3.8, 4) is 11.1 Å². The van der Waals surface area contributed by atoms with Crippen LogP contribution in [-0.2, 0) is 19.1 Å². The van der Waals surface area contributed by atoms with E-state index in [1.54, 1.807) is 0 Å². The van der Waals surface area contributed by atoms with Gasteiger partial charge in [0.1, 0.15) is 19.2 Å². The third-order valence-electron chi connectivity index (χ3n) is 5.00. The van der Waals surface area contributed by atoms with Crippen LogP contribution in [0.3, 0.4) is 0 Å². The first-order chi connectivity index (χ1) is 15.4. The van der Waals surface area contributed by atoms with Crippen LogP contribution in [0.2, 0.25) is 0 Å². The predicted octanol–water partition coefficient (Wildman–Crippen LogP) is 0.203. The number of carbonyl (C=O) groups excluding carboxylic acids is 3. The van der Waals surface area contributed by atoms with Crippen molar-refractivity contribution in [1.82, 2.24) is 16.0 Å². The molecular formula is C22H23N3O7. The number of amides is 3. The van der Waals surface area contributed by atoms with Crippen LogP contribution in [0.15, 0.2) is 48.5 Å². The average Bonchev–Trinajstić information content (AvgIpc) is 3.12. The molecule has 1 aliphatic carbocycles. The SMILES string of the molecule is O=C(CNC(=O)OCC1c2ccccc2-c2ccccc21)NCC(=O)NC(CO)C(=O)O. The van der Waals surface area contributed by atoms with Crippen LogP contribution < -0.4 is 16.0 Å². The van der Waals surface area contributed by atoms with Crippen molar-refractivity contribution >= 4 is 23.9 Å². The van der Waals surface area contributed by atoms with Crippen molar-refractivity contribution in [1.29, 1.82) is 0 Å². The molecule has 5 N–H and O–H groups in total. The van der Waals surface area contributed by atoms with Gasteiger partial charge in [0.15, 0.2) is 0 Å². The van der Waals surface area contributed by atoms with Gasteiger partial charge in [-0.2, -0.15) is 0 Å². The first kappa shape index (κ1) is 22.8. The van der Waals surface area contributed by atoms with Gasteiger partial charge in [-0.05, 0) is 22.3 Å². The summed E-state index contributed by atoms with van der Waals surface area (Å²) in [6.45, 7) is -1.61. The van der Waals surface area contributed by atoms with Crippen LogP contribution in [0, 0.1) is 0 Å². The minimum Gasteiger partial charge on any atom is -0.480 e. The third-order valence-corrected chi connectivity index (χ3v) is 5.00. The number of aliphatic carboxylic acids is 1. The van der Waals surface area contributed by atoms with Crippen molar-refractivity contribution in [3.63, 3.8) is 0 Å². The maximum absolute atomic E-state index is 12.0. The van der Waals surface area contributed by atoms with Gasteiger partial charge in [0.2, 0.25) is 11.8 Å². The van der Waals surface area contributed by atoms with E-state index in [-0.39, 0.29) is 12.5 Å². The Kier molecular flexibility index (Phi) is 7.40. The standard InChI is InChI=1S/C22H23N3O7/c26-11-18(21(29)30)25-20(28)10-23-19(27)9-24-22(31)32-12-17-15-7-3-1-5-13(15)14-6-2-4-8-16(14)17/h1-8,17-18,26H,9-12H2,(H,23,27)(H,24,31)(H,25,28)(H,29,30). The van der Waals surface area contributed by atoms with Crippen molar-refractivity contribution in [2.75, 3.05) is 26.3 Å². The lowest BCUT2D eigenvalue weighted by molar-refractivity contribution is -0.142. The van der Waals surface area contributed by atoms with Crippen LogP contribution in [0.1, 0.15) is 17.0 Å². The van der Waals surface area contributed by atoms with E-state index in [0.717, 1.165) is 22.3 Å². The van der Waals surface area contributed by atoms with Gasteiger partial charge in [-0.25, -0.2) is 9.59 Å². The Morgan fingerprint density at radius 1 is 0.875 bits per heavy atom. The maximum Gasteiger partial charge on any atom is 0.407 e. The Hall–Kier alpha value is -3.92. The number of fused-ring (bicyclic) bond motifs is 3. The number of aliphatic hydroxyl groups is 1. The summed E-state index contributed by atoms with van der Waals surface area (Å²) < 4.78 is 5.31. The van der Waals surface area contributed by atoms with E-state index in [4.69, 9.17) is 14.9 Å². The summed E-state index contributed by atoms with van der Waals surface area (Å²) in [6, 6.07) is 14.3. The Labute approximate surface area is 183 Å². The zero-order valence-electron chi connectivity index (χ0n) is 17.0. The van der Waals surface area contributed by atoms with Gasteiger partial charge in [-0.3, -0.25) is 9.59 Å². The zero-order chi connectivity index (χ0) is 23.1. The van der Waals surface area contributed by atoms with Crippen molar-refractivity contribution < 1.29 is 34.1 Å². The lowest BCUT2D eigenvalue weighted by Gasteiger charge is -2.15. The molecule has 10 heteroatoms. The van der Waals surface area contributed by atoms with E-state index in [0.29, 0.717) is 0 Å². The fourth-order valence-electron chi connectivity index (χ4n) is 3.47. The summed E-state index contributed by atoms with van der Waals surface area (Å²) in [4.78, 5) is 46.2. The number of aliphatic hydroxyl groups excluding tert-OH is 1. The van der Waals surface area contributed by atoms with Gasteiger partial charge in [0, 0.05) is 5.92 Å². The number of carboxylic acid groups (broad SMARTS) is 1. The van der Waals surface area contributed by atoms with Gasteiger partial charge >= 0.3 is 12.1 Å². The van der Waals surface area contributed by atoms with Crippen LogP contribution in [0.4, 0.5) is 4.79 Å². The number of benzene rings is 2. The summed E-state index contributed by atoms with van der Waals surface area (Å²) in [5, 5.41) is 24.2. The number of carboxylic acids is 1. The number of carbonyl (C=O) groups is 4. The molecule has 0 radical (unpaired) electrons. The van der Waals surface area contributed by atoms with E-state index in [1.807, 2.05) is 53.8 Å². The number of hydrogen-bond acceptors (Lipinski definition) is 6. The number of nitrogens with one attached hydrogen (secondary N) is 3. The molecule has 1 aliphatic rings. The molecule has 0 spiro atoms. The molecule has 1 unspecified atom stereocenters. The summed E-state index contributed by atoms with van der Waals surface area (Å²) in [5.74, 6) is -2.96. The van der Waals surface area contributed by atoms with Crippen molar-refractivity contribution in [2.24, 2.45) is 0 Å². The minimum atomic E-state index is -1.46. The molecule has 0 fully saturated rings. The van der Waals surface area contributed by atoms with E-state index in [9.17, 15) is 19.2 Å². The summed E-state index contributed by atoms with van der Waals surface area (Å²) in [6.07, 6.45) is -0.780. The quantitative estimate of drug-likeness (QED) is 0.372. The minimum absolute atomic E-state index is 0.0988. The van der Waals surface area contributed by atoms with Crippen LogP contribution in [0.25, 0.3) is 11.1 Å². The Morgan fingerprint density at radius 2 is 1.44 bits per heavy atom. The molecular weight excluding hydrogens is 418 g/mol. The van der Waals surface area contributed by atoms with Crippen LogP contribution in [0.5, 0.6) is 0 Å². The smallest absolute Gasteiger partial charge is 0.407 e. The Bertz CT molecular complexity index is 979. The molecule has 0 aliphatic heterocycles. The monoisotopic (exact) mass is 441 g/mol. The van der Waals surface area contributed by atoms with Gasteiger partial charge < -0.3 is 30.9 Å². The molecule has 1 atom stereocenters. The van der Waals surface area contributed by atoms with Crippen LogP contribution in [-0.4, -0.2) is 66.4 Å². The fraction of sp³-hybridized carbons (Fsp3) is 0.273. The van der Waals surface area contributed by atoms with Gasteiger partial charge in [0.05, 0.1) is 13.2 Å². The molecule has 3 amide bonds. The molecule has 0 heterocycles. The number of hydrogen-bond donors (Lipinski definition) is 5. The van der Waals surface area contributed by atoms with Gasteiger partial charge in [-0.1, -0.05) is 48.5 Å². The highest BCUT2D eigenvalue weighted by Gasteiger charge is 2.29. The number of alkyl carbamates (subject to hydrolysis) is 1. The zero-order valence-corrected chi connectivity index (χ0v) is 17.0. The third kappa shape index (κ3) is 5.41. The van der Waals surface area contributed by atoms with E-state index in [1.165, 1.54) is 0 Å². The first-order valence-corrected chi connectivity index (χ1v) is 9.89. The highest BCUT2D eigenvalue weighted by molar-refractivity contribution is 5.89. The molecule has 0 saturated heterocycles. The van der Waals surface area contributed by atoms with Crippen molar-refractivity contribution in [3.05, 3.63) is 59.7 Å². The predicted molar refractivity (Wildman–Crippen MR) is 113 cm³/mol. The van der Waals surface area contributed by atoms with Gasteiger partial charge in [0.25, 0.3) is 0 Å². The second-order valence-electron chi connectivity index (χ2n) is 7.10. The Balaban J connectivity index is 1.43. The second kappa shape index (κ2) is 10.4. The fourth-order valence-corrected chi connectivity index (χ4v) is 3.47. The molecule has 168 valence electrons. The summed E-state index contributed by atoms with van der Waals surface area (Å²) in [5.41, 5.74) is 4.32. The van der Waals surface area contributed by atoms with E-state index < -0.39 is 49.6 Å². The molecule has 2 aromatic carbocycles. The maximum atomic E-state index is 12.0. The molecule has 0 aromatic heterocycles. The highest BCUT2D eigenvalue weighted by atomic mass is 16.5. The van der Waals surface area contributed by atoms with E-state index in [2.05, 4.69) is 10.6 Å². The van der Waals surface area contributed by atoms with Crippen molar-refractivity contribution in [2.45, 2.75) is 12.0 Å². The largest absolute Gasteiger partial charge is 0.480 e. The highest BCUT2D eigenvalue weighted by Crippen LogP contribution is 2.44. The lowest BCUT2D eigenvalue weighted by atomic mass is 9.98. The second-order valence-corrected chi connectivity index (χ2v) is 7.10. The van der Waals surface area contributed by atoms with Gasteiger partial charge in [-0.15, -0.1) is 0 Å².